The maximum Gasteiger partial charge on any atom is 0.407 e. The molecular weight excluding hydrogens is 330 g/mol. The molecule has 3 rings (SSSR count). The van der Waals surface area contributed by atoms with E-state index in [-0.39, 0.29) is 18.8 Å². The van der Waals surface area contributed by atoms with Gasteiger partial charge in [-0.1, -0.05) is 66.7 Å². The molecule has 2 aromatic rings. The highest BCUT2D eigenvalue weighted by atomic mass is 16.6. The van der Waals surface area contributed by atoms with Crippen LogP contribution in [0.4, 0.5) is 4.79 Å². The van der Waals surface area contributed by atoms with Crippen molar-refractivity contribution in [3.05, 3.63) is 84.4 Å². The second kappa shape index (κ2) is 9.17. The van der Waals surface area contributed by atoms with Gasteiger partial charge in [0.2, 0.25) is 0 Å². The maximum absolute atomic E-state index is 11.5. The fraction of sp³-hybridized carbons (Fsp3) is 0.286. The van der Waals surface area contributed by atoms with Crippen molar-refractivity contribution < 1.29 is 19.0 Å². The van der Waals surface area contributed by atoms with E-state index in [2.05, 4.69) is 11.9 Å². The van der Waals surface area contributed by atoms with E-state index in [1.807, 2.05) is 60.7 Å². The summed E-state index contributed by atoms with van der Waals surface area (Å²) in [6.07, 6.45) is 0.492. The van der Waals surface area contributed by atoms with E-state index in [1.165, 1.54) is 0 Å². The Morgan fingerprint density at radius 2 is 1.62 bits per heavy atom. The molecule has 1 fully saturated rings. The Bertz CT molecular complexity index is 704. The van der Waals surface area contributed by atoms with Crippen LogP contribution in [0.1, 0.15) is 11.1 Å². The van der Waals surface area contributed by atoms with Crippen molar-refractivity contribution in [1.82, 2.24) is 5.32 Å². The van der Waals surface area contributed by atoms with Gasteiger partial charge in [0.15, 0.2) is 0 Å². The Morgan fingerprint density at radius 1 is 1.04 bits per heavy atom. The molecular formula is C21H23NO4. The highest BCUT2D eigenvalue weighted by Crippen LogP contribution is 2.18. The number of alkyl carbamates (subject to hydrolysis) is 1. The van der Waals surface area contributed by atoms with Crippen molar-refractivity contribution in [2.24, 2.45) is 0 Å². The number of cyclic esters (lactones) is 1. The highest BCUT2D eigenvalue weighted by molar-refractivity contribution is 5.69. The van der Waals surface area contributed by atoms with Gasteiger partial charge in [-0.2, -0.15) is 0 Å². The summed E-state index contributed by atoms with van der Waals surface area (Å²) in [6, 6.07) is 19.5. The summed E-state index contributed by atoms with van der Waals surface area (Å²) in [7, 11) is 0. The first-order valence-corrected chi connectivity index (χ1v) is 8.63. The molecule has 0 aliphatic carbocycles. The van der Waals surface area contributed by atoms with Crippen molar-refractivity contribution >= 4 is 6.09 Å². The van der Waals surface area contributed by atoms with Crippen LogP contribution in [0.25, 0.3) is 0 Å². The third-order valence-corrected chi connectivity index (χ3v) is 4.22. The number of carbonyl (C=O) groups is 1. The van der Waals surface area contributed by atoms with E-state index in [0.717, 1.165) is 11.1 Å². The minimum atomic E-state index is -0.436. The second-order valence-electron chi connectivity index (χ2n) is 6.11. The van der Waals surface area contributed by atoms with Crippen LogP contribution in [0, 0.1) is 0 Å². The molecule has 0 aromatic heterocycles. The van der Waals surface area contributed by atoms with E-state index in [9.17, 15) is 4.79 Å². The number of hydrogen-bond donors (Lipinski definition) is 1. The largest absolute Gasteiger partial charge is 0.447 e. The number of rotatable bonds is 9. The Kier molecular flexibility index (Phi) is 6.41. The third-order valence-electron chi connectivity index (χ3n) is 4.22. The molecule has 0 bridgehead atoms. The molecule has 1 aliphatic heterocycles. The van der Waals surface area contributed by atoms with E-state index < -0.39 is 12.2 Å². The van der Waals surface area contributed by atoms with Gasteiger partial charge >= 0.3 is 6.09 Å². The van der Waals surface area contributed by atoms with Gasteiger partial charge in [0, 0.05) is 0 Å². The lowest BCUT2D eigenvalue weighted by molar-refractivity contribution is -0.0782. The van der Waals surface area contributed by atoms with Crippen LogP contribution in [-0.4, -0.2) is 30.9 Å². The molecule has 1 aliphatic rings. The smallest absolute Gasteiger partial charge is 0.407 e. The summed E-state index contributed by atoms with van der Waals surface area (Å²) >= 11 is 0. The molecule has 1 saturated heterocycles. The van der Waals surface area contributed by atoms with Gasteiger partial charge in [-0.05, 0) is 11.1 Å². The molecule has 26 heavy (non-hydrogen) atoms. The zero-order valence-electron chi connectivity index (χ0n) is 14.5. The van der Waals surface area contributed by atoms with Gasteiger partial charge < -0.3 is 19.5 Å². The minimum absolute atomic E-state index is 0.247. The predicted octanol–water partition coefficient (Wildman–Crippen LogP) is 3.45. The SMILES string of the molecule is C=C[C@@H](OCc1ccccc1)[C@H](OCc1ccccc1)[C@H]1COC(=O)N1. The third kappa shape index (κ3) is 4.94. The van der Waals surface area contributed by atoms with Gasteiger partial charge in [0.05, 0.1) is 19.3 Å². The molecule has 1 N–H and O–H groups in total. The van der Waals surface area contributed by atoms with Crippen molar-refractivity contribution in [1.29, 1.82) is 0 Å². The Balaban J connectivity index is 1.67. The Labute approximate surface area is 153 Å². The van der Waals surface area contributed by atoms with E-state index >= 15 is 0 Å². The van der Waals surface area contributed by atoms with Crippen LogP contribution in [0.3, 0.4) is 0 Å². The molecule has 3 atom stereocenters. The van der Waals surface area contributed by atoms with Crippen molar-refractivity contribution in [2.45, 2.75) is 31.5 Å². The van der Waals surface area contributed by atoms with Gasteiger partial charge in [0.25, 0.3) is 0 Å². The zero-order valence-corrected chi connectivity index (χ0v) is 14.5. The van der Waals surface area contributed by atoms with Crippen molar-refractivity contribution in [2.75, 3.05) is 6.61 Å². The monoisotopic (exact) mass is 353 g/mol. The summed E-state index contributed by atoms with van der Waals surface area (Å²) in [5.41, 5.74) is 2.11. The minimum Gasteiger partial charge on any atom is -0.447 e. The zero-order chi connectivity index (χ0) is 18.2. The van der Waals surface area contributed by atoms with Crippen LogP contribution in [0.15, 0.2) is 73.3 Å². The molecule has 2 aromatic carbocycles. The summed E-state index contributed by atoms with van der Waals surface area (Å²) in [4.78, 5) is 11.5. The number of nitrogens with one attached hydrogen (secondary N) is 1. The molecule has 0 spiro atoms. The molecule has 0 unspecified atom stereocenters. The lowest BCUT2D eigenvalue weighted by Gasteiger charge is -2.28. The first-order chi connectivity index (χ1) is 12.8. The van der Waals surface area contributed by atoms with Crippen LogP contribution < -0.4 is 5.32 Å². The van der Waals surface area contributed by atoms with Crippen LogP contribution in [0.2, 0.25) is 0 Å². The van der Waals surface area contributed by atoms with Gasteiger partial charge in [-0.3, -0.25) is 0 Å². The molecule has 1 amide bonds. The summed E-state index contributed by atoms with van der Waals surface area (Å²) in [6.45, 7) is 4.98. The quantitative estimate of drug-likeness (QED) is 0.702. The van der Waals surface area contributed by atoms with Crippen molar-refractivity contribution in [3.8, 4) is 0 Å². The normalized spacial score (nSPS) is 18.6. The average Bonchev–Trinajstić information content (AvgIpc) is 3.12. The summed E-state index contributed by atoms with van der Waals surface area (Å²) in [5, 5.41) is 2.79. The number of ether oxygens (including phenoxy) is 3. The van der Waals surface area contributed by atoms with E-state index in [0.29, 0.717) is 13.2 Å². The molecule has 5 heteroatoms. The van der Waals surface area contributed by atoms with Crippen LogP contribution in [-0.2, 0) is 27.4 Å². The fourth-order valence-corrected chi connectivity index (χ4v) is 2.85. The predicted molar refractivity (Wildman–Crippen MR) is 98.5 cm³/mol. The fourth-order valence-electron chi connectivity index (χ4n) is 2.85. The Hall–Kier alpha value is -2.63. The number of hydrogen-bond acceptors (Lipinski definition) is 4. The average molecular weight is 353 g/mol. The van der Waals surface area contributed by atoms with Gasteiger partial charge in [0.1, 0.15) is 18.8 Å². The lowest BCUT2D eigenvalue weighted by Crippen LogP contribution is -2.47. The Morgan fingerprint density at radius 3 is 2.12 bits per heavy atom. The lowest BCUT2D eigenvalue weighted by atomic mass is 10.1. The molecule has 0 saturated carbocycles. The van der Waals surface area contributed by atoms with E-state index in [4.69, 9.17) is 14.2 Å². The summed E-state index contributed by atoms with van der Waals surface area (Å²) < 4.78 is 17.2. The molecule has 5 nitrogen and oxygen atoms in total. The van der Waals surface area contributed by atoms with Gasteiger partial charge in [-0.25, -0.2) is 4.79 Å². The number of carbonyl (C=O) groups excluding carboxylic acids is 1. The molecule has 136 valence electrons. The topological polar surface area (TPSA) is 56.8 Å². The molecule has 1 heterocycles. The van der Waals surface area contributed by atoms with E-state index in [1.54, 1.807) is 6.08 Å². The highest BCUT2D eigenvalue weighted by Gasteiger charge is 2.36. The van der Waals surface area contributed by atoms with Crippen LogP contribution in [0.5, 0.6) is 0 Å². The first kappa shape index (κ1) is 18.2. The first-order valence-electron chi connectivity index (χ1n) is 8.63. The van der Waals surface area contributed by atoms with Crippen molar-refractivity contribution in [3.63, 3.8) is 0 Å². The van der Waals surface area contributed by atoms with Gasteiger partial charge in [-0.15, -0.1) is 6.58 Å². The second-order valence-corrected chi connectivity index (χ2v) is 6.11. The number of amides is 1. The standard InChI is InChI=1S/C21H23NO4/c1-2-19(24-13-16-9-5-3-6-10-16)20(18-15-26-21(23)22-18)25-14-17-11-7-4-8-12-17/h2-12,18-20H,1,13-15H2,(H,22,23)/t18-,19-,20-/m1/s1. The maximum atomic E-state index is 11.5. The number of benzene rings is 2. The summed E-state index contributed by atoms with van der Waals surface area (Å²) in [5.74, 6) is 0. The molecule has 0 radical (unpaired) electrons. The van der Waals surface area contributed by atoms with Crippen LogP contribution >= 0.6 is 0 Å².